The Labute approximate surface area is 137 Å². The summed E-state index contributed by atoms with van der Waals surface area (Å²) in [5, 5.41) is 9.22. The highest BCUT2D eigenvalue weighted by Gasteiger charge is 2.38. The summed E-state index contributed by atoms with van der Waals surface area (Å²) in [5.41, 5.74) is 7.17. The highest BCUT2D eigenvalue weighted by Crippen LogP contribution is 2.22. The van der Waals surface area contributed by atoms with Crippen LogP contribution < -0.4 is 5.73 Å². The second-order valence-corrected chi connectivity index (χ2v) is 5.75. The topological polar surface area (TPSA) is 96.5 Å². The Morgan fingerprint density at radius 1 is 1.29 bits per heavy atom. The van der Waals surface area contributed by atoms with Gasteiger partial charge in [0.25, 0.3) is 5.91 Å². The molecule has 0 aliphatic carbocycles. The van der Waals surface area contributed by atoms with E-state index >= 15 is 0 Å². The second kappa shape index (κ2) is 6.37. The van der Waals surface area contributed by atoms with Crippen molar-refractivity contribution in [2.24, 2.45) is 5.73 Å². The van der Waals surface area contributed by atoms with Gasteiger partial charge in [-0.25, -0.2) is 9.18 Å². The van der Waals surface area contributed by atoms with Gasteiger partial charge < -0.3 is 15.7 Å². The zero-order valence-electron chi connectivity index (χ0n) is 12.7. The predicted molar refractivity (Wildman–Crippen MR) is 84.7 cm³/mol. The number of halogens is 1. The minimum absolute atomic E-state index is 0.196. The first kappa shape index (κ1) is 16.1. The number of carboxylic acids is 1. The van der Waals surface area contributed by atoms with Crippen LogP contribution in [0.1, 0.15) is 16.8 Å². The molecule has 0 radical (unpaired) electrons. The van der Waals surface area contributed by atoms with Gasteiger partial charge >= 0.3 is 5.97 Å². The van der Waals surface area contributed by atoms with Gasteiger partial charge in [-0.05, 0) is 30.7 Å². The molecule has 24 heavy (non-hydrogen) atoms. The Kier molecular flexibility index (Phi) is 4.26. The molecule has 0 saturated carbocycles. The molecule has 2 aromatic rings. The molecule has 1 aliphatic heterocycles. The van der Waals surface area contributed by atoms with Crippen LogP contribution in [0.2, 0.25) is 0 Å². The first-order valence-electron chi connectivity index (χ1n) is 7.47. The molecule has 2 atom stereocenters. The van der Waals surface area contributed by atoms with Gasteiger partial charge in [-0.1, -0.05) is 12.1 Å². The predicted octanol–water partition coefficient (Wildman–Crippen LogP) is 1.51. The number of benzene rings is 1. The summed E-state index contributed by atoms with van der Waals surface area (Å²) in [6, 6.07) is 7.87. The number of aliphatic carboxylic acids is 1. The zero-order chi connectivity index (χ0) is 17.3. The molecule has 6 nitrogen and oxygen atoms in total. The van der Waals surface area contributed by atoms with Crippen molar-refractivity contribution in [3.63, 3.8) is 0 Å². The maximum absolute atomic E-state index is 13.3. The number of likely N-dealkylation sites (tertiary alicyclic amines) is 1. The summed E-state index contributed by atoms with van der Waals surface area (Å²) in [4.78, 5) is 29.2. The van der Waals surface area contributed by atoms with Crippen molar-refractivity contribution in [1.82, 2.24) is 9.88 Å². The molecule has 1 aliphatic rings. The Morgan fingerprint density at radius 3 is 2.71 bits per heavy atom. The lowest BCUT2D eigenvalue weighted by Gasteiger charge is -2.21. The Bertz CT molecular complexity index is 779. The van der Waals surface area contributed by atoms with E-state index in [1.807, 2.05) is 0 Å². The number of amides is 1. The molecule has 1 amide bonds. The van der Waals surface area contributed by atoms with Crippen molar-refractivity contribution >= 4 is 11.9 Å². The van der Waals surface area contributed by atoms with E-state index in [9.17, 15) is 19.1 Å². The van der Waals surface area contributed by atoms with Crippen LogP contribution in [0.25, 0.3) is 11.3 Å². The Balaban J connectivity index is 1.83. The number of carbonyl (C=O) groups excluding carboxylic acids is 1. The van der Waals surface area contributed by atoms with Crippen LogP contribution in [0.5, 0.6) is 0 Å². The number of pyridine rings is 1. The highest BCUT2D eigenvalue weighted by atomic mass is 19.1. The van der Waals surface area contributed by atoms with E-state index < -0.39 is 17.9 Å². The summed E-state index contributed by atoms with van der Waals surface area (Å²) >= 11 is 0. The van der Waals surface area contributed by atoms with Gasteiger partial charge in [0.2, 0.25) is 0 Å². The van der Waals surface area contributed by atoms with E-state index in [1.165, 1.54) is 23.2 Å². The maximum atomic E-state index is 13.3. The summed E-state index contributed by atoms with van der Waals surface area (Å²) in [6.07, 6.45) is 1.60. The fourth-order valence-corrected chi connectivity index (χ4v) is 2.83. The number of aromatic nitrogens is 1. The summed E-state index contributed by atoms with van der Waals surface area (Å²) in [7, 11) is 0. The first-order chi connectivity index (χ1) is 11.5. The molecule has 0 bridgehead atoms. The Hall–Kier alpha value is -2.80. The van der Waals surface area contributed by atoms with Crippen molar-refractivity contribution in [1.29, 1.82) is 0 Å². The fourth-order valence-electron chi connectivity index (χ4n) is 2.83. The van der Waals surface area contributed by atoms with Crippen molar-refractivity contribution in [3.05, 3.63) is 54.0 Å². The number of nitrogens with two attached hydrogens (primary N) is 1. The molecular formula is C17H16FN3O3. The largest absolute Gasteiger partial charge is 0.480 e. The van der Waals surface area contributed by atoms with Crippen molar-refractivity contribution < 1.29 is 19.1 Å². The van der Waals surface area contributed by atoms with Crippen LogP contribution in [0.15, 0.2) is 42.6 Å². The van der Waals surface area contributed by atoms with Gasteiger partial charge in [0.05, 0.1) is 11.3 Å². The third kappa shape index (κ3) is 3.11. The first-order valence-corrected chi connectivity index (χ1v) is 7.47. The van der Waals surface area contributed by atoms with Crippen LogP contribution >= 0.6 is 0 Å². The monoisotopic (exact) mass is 329 g/mol. The van der Waals surface area contributed by atoms with E-state index in [1.54, 1.807) is 24.3 Å². The SMILES string of the molecule is N[C@H]1C[C@@H](C(=O)O)N(C(=O)c2ccc(-c3cccc(F)c3)nc2)C1. The summed E-state index contributed by atoms with van der Waals surface area (Å²) in [6.45, 7) is 0.196. The van der Waals surface area contributed by atoms with Crippen molar-refractivity contribution in [2.75, 3.05) is 6.54 Å². The van der Waals surface area contributed by atoms with E-state index in [2.05, 4.69) is 4.98 Å². The highest BCUT2D eigenvalue weighted by molar-refractivity contribution is 5.97. The van der Waals surface area contributed by atoms with Gasteiger partial charge in [-0.2, -0.15) is 0 Å². The molecule has 2 heterocycles. The molecular weight excluding hydrogens is 313 g/mol. The molecule has 124 valence electrons. The lowest BCUT2D eigenvalue weighted by Crippen LogP contribution is -2.40. The molecule has 1 aromatic heterocycles. The minimum Gasteiger partial charge on any atom is -0.480 e. The third-order valence-corrected chi connectivity index (χ3v) is 4.01. The third-order valence-electron chi connectivity index (χ3n) is 4.01. The molecule has 0 spiro atoms. The normalized spacial score (nSPS) is 20.2. The number of hydrogen-bond acceptors (Lipinski definition) is 4. The lowest BCUT2D eigenvalue weighted by atomic mass is 10.1. The van der Waals surface area contributed by atoms with E-state index in [0.29, 0.717) is 11.3 Å². The van der Waals surface area contributed by atoms with Gasteiger partial charge in [-0.15, -0.1) is 0 Å². The average Bonchev–Trinajstić information content (AvgIpc) is 2.96. The summed E-state index contributed by atoms with van der Waals surface area (Å²) < 4.78 is 13.3. The molecule has 3 rings (SSSR count). The number of carboxylic acid groups (broad SMARTS) is 1. The van der Waals surface area contributed by atoms with Crippen molar-refractivity contribution in [3.8, 4) is 11.3 Å². The minimum atomic E-state index is -1.07. The van der Waals surface area contributed by atoms with Gasteiger partial charge in [-0.3, -0.25) is 9.78 Å². The molecule has 7 heteroatoms. The standard InChI is InChI=1S/C17H16FN3O3/c18-12-3-1-2-10(6-12)14-5-4-11(8-20-14)16(22)21-9-13(19)7-15(21)17(23)24/h1-6,8,13,15H,7,9,19H2,(H,23,24)/t13-,15-/m0/s1. The van der Waals surface area contributed by atoms with E-state index in [-0.39, 0.29) is 30.4 Å². The summed E-state index contributed by atoms with van der Waals surface area (Å²) in [5.74, 6) is -1.86. The van der Waals surface area contributed by atoms with Crippen LogP contribution in [0.4, 0.5) is 4.39 Å². The van der Waals surface area contributed by atoms with Gasteiger partial charge in [0.15, 0.2) is 0 Å². The van der Waals surface area contributed by atoms with Crippen LogP contribution in [-0.2, 0) is 4.79 Å². The van der Waals surface area contributed by atoms with Gasteiger partial charge in [0.1, 0.15) is 11.9 Å². The van der Waals surface area contributed by atoms with Crippen LogP contribution in [0.3, 0.4) is 0 Å². The second-order valence-electron chi connectivity index (χ2n) is 5.75. The smallest absolute Gasteiger partial charge is 0.326 e. The van der Waals surface area contributed by atoms with Crippen molar-refractivity contribution in [2.45, 2.75) is 18.5 Å². The number of carbonyl (C=O) groups is 2. The number of hydrogen-bond donors (Lipinski definition) is 2. The van der Waals surface area contributed by atoms with E-state index in [4.69, 9.17) is 5.73 Å². The fraction of sp³-hybridized carbons (Fsp3) is 0.235. The zero-order valence-corrected chi connectivity index (χ0v) is 12.7. The van der Waals surface area contributed by atoms with Crippen LogP contribution in [-0.4, -0.2) is 45.5 Å². The van der Waals surface area contributed by atoms with Crippen LogP contribution in [0, 0.1) is 5.82 Å². The Morgan fingerprint density at radius 2 is 2.08 bits per heavy atom. The number of nitrogens with zero attached hydrogens (tertiary/aromatic N) is 2. The maximum Gasteiger partial charge on any atom is 0.326 e. The van der Waals surface area contributed by atoms with Gasteiger partial charge in [0, 0.05) is 24.3 Å². The average molecular weight is 329 g/mol. The quantitative estimate of drug-likeness (QED) is 0.890. The molecule has 1 saturated heterocycles. The molecule has 0 unspecified atom stereocenters. The molecule has 1 fully saturated rings. The van der Waals surface area contributed by atoms with E-state index in [0.717, 1.165) is 0 Å². The number of rotatable bonds is 3. The molecule has 3 N–H and O–H groups in total. The lowest BCUT2D eigenvalue weighted by molar-refractivity contribution is -0.141. The molecule has 1 aromatic carbocycles.